The first-order valence-electron chi connectivity index (χ1n) is 29.4. The van der Waals surface area contributed by atoms with Crippen molar-refractivity contribution in [2.45, 2.75) is 201 Å². The molecule has 2 unspecified atom stereocenters. The van der Waals surface area contributed by atoms with Crippen molar-refractivity contribution in [2.24, 2.45) is 0 Å². The van der Waals surface area contributed by atoms with Gasteiger partial charge in [-0.2, -0.15) is 0 Å². The first-order valence-corrected chi connectivity index (χ1v) is 29.4. The second kappa shape index (κ2) is 17.0. The lowest BCUT2D eigenvalue weighted by molar-refractivity contribution is 0.194. The second-order valence-electron chi connectivity index (χ2n) is 29.5. The van der Waals surface area contributed by atoms with Gasteiger partial charge in [-0.05, 0) is 207 Å². The van der Waals surface area contributed by atoms with E-state index < -0.39 is 0 Å². The third kappa shape index (κ3) is 7.78. The van der Waals surface area contributed by atoms with Crippen molar-refractivity contribution in [1.29, 1.82) is 0 Å². The van der Waals surface area contributed by atoms with Gasteiger partial charge in [0.05, 0.1) is 11.2 Å². The summed E-state index contributed by atoms with van der Waals surface area (Å²) in [5.74, 6) is 0. The van der Waals surface area contributed by atoms with Crippen LogP contribution in [0.3, 0.4) is 0 Å². The highest BCUT2D eigenvalue weighted by Gasteiger charge is 2.59. The van der Waals surface area contributed by atoms with Crippen LogP contribution in [0.25, 0.3) is 11.1 Å². The van der Waals surface area contributed by atoms with Crippen LogP contribution >= 0.6 is 0 Å². The van der Waals surface area contributed by atoms with Crippen LogP contribution in [0.4, 0.5) is 45.5 Å². The van der Waals surface area contributed by atoms with Gasteiger partial charge in [0.1, 0.15) is 0 Å². The zero-order valence-corrected chi connectivity index (χ0v) is 50.2. The summed E-state index contributed by atoms with van der Waals surface area (Å²) in [6, 6.07) is 49.2. The third-order valence-electron chi connectivity index (χ3n) is 20.2. The molecule has 2 atom stereocenters. The molecule has 0 N–H and O–H groups in total. The smallest absolute Gasteiger partial charge is 0.252 e. The molecule has 1 saturated carbocycles. The summed E-state index contributed by atoms with van der Waals surface area (Å²) < 4.78 is 0. The third-order valence-corrected chi connectivity index (χ3v) is 20.2. The van der Waals surface area contributed by atoms with Crippen LogP contribution in [0.15, 0.2) is 121 Å². The van der Waals surface area contributed by atoms with E-state index in [1.54, 1.807) is 5.56 Å². The van der Waals surface area contributed by atoms with Gasteiger partial charge in [0.15, 0.2) is 0 Å². The van der Waals surface area contributed by atoms with E-state index in [-0.39, 0.29) is 44.7 Å². The summed E-state index contributed by atoms with van der Waals surface area (Å²) in [5.41, 5.74) is 29.5. The van der Waals surface area contributed by atoms with Gasteiger partial charge in [-0.1, -0.05) is 177 Å². The summed E-state index contributed by atoms with van der Waals surface area (Å²) in [4.78, 5) is 8.28. The molecule has 0 aromatic heterocycles. The first-order chi connectivity index (χ1) is 36.0. The van der Waals surface area contributed by atoms with Crippen molar-refractivity contribution in [3.8, 4) is 11.1 Å². The van der Waals surface area contributed by atoms with Crippen LogP contribution in [-0.4, -0.2) is 12.3 Å². The fourth-order valence-corrected chi connectivity index (χ4v) is 15.3. The minimum atomic E-state index is -0.152. The number of nitrogens with zero attached hydrogens (tertiary/aromatic N) is 3. The van der Waals surface area contributed by atoms with Crippen molar-refractivity contribution in [2.75, 3.05) is 14.7 Å². The van der Waals surface area contributed by atoms with Gasteiger partial charge in [-0.25, -0.2) is 0 Å². The predicted octanol–water partition coefficient (Wildman–Crippen LogP) is 18.3. The average Bonchev–Trinajstić information content (AvgIpc) is 3.62. The zero-order chi connectivity index (χ0) is 54.9. The SMILES string of the molecule is Cc1cc(C)c2c(c1)N(c1ccc3c(c1)N(c1ccc(C(C)(C)C)cc1C)c1cc(C(C)(C)C)cc4c1B3c1cc3c(cc1N4c1ccc(C(C)(C)C)cc1-c1ccccc1)C(C)(C)CCC3(C)C)C1(C)CCCCC21C. The van der Waals surface area contributed by atoms with Gasteiger partial charge in [0.25, 0.3) is 6.71 Å². The number of benzene rings is 7. The maximum Gasteiger partial charge on any atom is 0.252 e. The first kappa shape index (κ1) is 51.7. The highest BCUT2D eigenvalue weighted by atomic mass is 15.3. The summed E-state index contributed by atoms with van der Waals surface area (Å²) in [6.45, 7) is 43.5. The van der Waals surface area contributed by atoms with Crippen LogP contribution in [-0.2, 0) is 32.5 Å². The Morgan fingerprint density at radius 1 is 0.442 bits per heavy atom. The van der Waals surface area contributed by atoms with Crippen molar-refractivity contribution in [1.82, 2.24) is 0 Å². The van der Waals surface area contributed by atoms with E-state index in [0.29, 0.717) is 0 Å². The summed E-state index contributed by atoms with van der Waals surface area (Å²) in [6.07, 6.45) is 7.20. The minimum absolute atomic E-state index is 0.0128. The molecule has 0 radical (unpaired) electrons. The van der Waals surface area contributed by atoms with Gasteiger partial charge in [-0.3, -0.25) is 0 Å². The molecule has 0 saturated heterocycles. The molecule has 0 bridgehead atoms. The summed E-state index contributed by atoms with van der Waals surface area (Å²) in [7, 11) is 0. The monoisotopic (exact) mass is 1020 g/mol. The number of fused-ring (bicyclic) bond motifs is 8. The molecule has 5 aliphatic rings. The standard InChI is InChI=1S/C73H86BN3/c1-45-36-47(3)65-62(37-45)77(73(18)33-23-22-32-72(65,73)17)52-28-29-56-60(42-52)75(58-30-26-49(38-46(58)2)67(4,5)6)63-40-51(69(10,11)12)41-64-66(63)74(56)57-43-54-55(71(15,16)35-34-70(54,13)14)44-61(57)76(64)59-31-27-50(68(7,8)9)39-53(59)48-24-20-19-21-25-48/h19-21,24-31,36-44H,22-23,32-35H2,1-18H3. The lowest BCUT2D eigenvalue weighted by Crippen LogP contribution is -2.62. The minimum Gasteiger partial charge on any atom is -0.334 e. The van der Waals surface area contributed by atoms with Gasteiger partial charge >= 0.3 is 0 Å². The lowest BCUT2D eigenvalue weighted by atomic mass is 9.33. The molecule has 0 amide bonds. The fourth-order valence-electron chi connectivity index (χ4n) is 15.3. The Labute approximate surface area is 464 Å². The number of aryl methyl sites for hydroxylation is 3. The molecule has 3 aliphatic heterocycles. The second-order valence-corrected chi connectivity index (χ2v) is 29.5. The van der Waals surface area contributed by atoms with Crippen molar-refractivity contribution in [3.63, 3.8) is 0 Å². The molecule has 7 aromatic rings. The number of anilines is 8. The van der Waals surface area contributed by atoms with Gasteiger partial charge in [-0.15, -0.1) is 0 Å². The lowest BCUT2D eigenvalue weighted by Gasteiger charge is -2.51. The average molecular weight is 1020 g/mol. The van der Waals surface area contributed by atoms with E-state index in [2.05, 4.69) is 261 Å². The van der Waals surface area contributed by atoms with Crippen LogP contribution < -0.4 is 31.1 Å². The predicted molar refractivity (Wildman–Crippen MR) is 334 cm³/mol. The Morgan fingerprint density at radius 3 is 1.64 bits per heavy atom. The highest BCUT2D eigenvalue weighted by Crippen LogP contribution is 2.62. The van der Waals surface area contributed by atoms with Crippen molar-refractivity contribution < 1.29 is 0 Å². The number of hydrogen-bond acceptors (Lipinski definition) is 3. The molecule has 1 fully saturated rings. The quantitative estimate of drug-likeness (QED) is 0.163. The van der Waals surface area contributed by atoms with Gasteiger partial charge in [0.2, 0.25) is 0 Å². The summed E-state index contributed by atoms with van der Waals surface area (Å²) >= 11 is 0. The normalized spacial score (nSPS) is 21.0. The van der Waals surface area contributed by atoms with E-state index >= 15 is 0 Å². The van der Waals surface area contributed by atoms with E-state index in [9.17, 15) is 0 Å². The molecule has 7 aromatic carbocycles. The highest BCUT2D eigenvalue weighted by molar-refractivity contribution is 7.00. The van der Waals surface area contributed by atoms with Crippen LogP contribution in [0.1, 0.15) is 192 Å². The van der Waals surface area contributed by atoms with Crippen molar-refractivity contribution >= 4 is 68.6 Å². The molecule has 2 aliphatic carbocycles. The molecule has 77 heavy (non-hydrogen) atoms. The van der Waals surface area contributed by atoms with Crippen LogP contribution in [0, 0.1) is 20.8 Å². The molecule has 3 heterocycles. The topological polar surface area (TPSA) is 9.72 Å². The molecular formula is C73H86BN3. The van der Waals surface area contributed by atoms with Gasteiger partial charge < -0.3 is 14.7 Å². The Bertz CT molecular complexity index is 3570. The number of rotatable bonds is 4. The fraction of sp³-hybridized carbons (Fsp3) is 0.425. The maximum absolute atomic E-state index is 2.83. The molecular weight excluding hydrogens is 930 g/mol. The number of hydrogen-bond donors (Lipinski definition) is 0. The van der Waals surface area contributed by atoms with E-state index in [1.165, 1.54) is 137 Å². The Kier molecular flexibility index (Phi) is 11.4. The van der Waals surface area contributed by atoms with Crippen molar-refractivity contribution in [3.05, 3.63) is 171 Å². The Balaban J connectivity index is 1.22. The van der Waals surface area contributed by atoms with Crippen LogP contribution in [0.2, 0.25) is 0 Å². The molecule has 12 rings (SSSR count). The molecule has 4 heteroatoms. The van der Waals surface area contributed by atoms with Crippen LogP contribution in [0.5, 0.6) is 0 Å². The van der Waals surface area contributed by atoms with E-state index in [0.717, 1.165) is 19.3 Å². The molecule has 396 valence electrons. The summed E-state index contributed by atoms with van der Waals surface area (Å²) in [5, 5.41) is 0. The maximum atomic E-state index is 2.83. The Morgan fingerprint density at radius 2 is 1.01 bits per heavy atom. The van der Waals surface area contributed by atoms with E-state index in [1.807, 2.05) is 0 Å². The van der Waals surface area contributed by atoms with Gasteiger partial charge in [0, 0.05) is 50.8 Å². The molecule has 0 spiro atoms. The molecule has 3 nitrogen and oxygen atoms in total. The largest absolute Gasteiger partial charge is 0.334 e. The Hall–Kier alpha value is -6.00. The zero-order valence-electron chi connectivity index (χ0n) is 50.2. The van der Waals surface area contributed by atoms with E-state index in [4.69, 9.17) is 0 Å².